The maximum Gasteiger partial charge on any atom is 0.407 e. The van der Waals surface area contributed by atoms with E-state index in [1.807, 2.05) is 58.0 Å². The van der Waals surface area contributed by atoms with E-state index in [9.17, 15) is 10.1 Å². The summed E-state index contributed by atoms with van der Waals surface area (Å²) in [5, 5.41) is 17.0. The zero-order valence-corrected chi connectivity index (χ0v) is 27.5. The minimum Gasteiger partial charge on any atom is -0.488 e. The van der Waals surface area contributed by atoms with Gasteiger partial charge in [-0.05, 0) is 94.3 Å². The Balaban J connectivity index is 1.58. The number of nitriles is 1. The topological polar surface area (TPSA) is 92.6 Å². The zero-order valence-electron chi connectivity index (χ0n) is 26.7. The largest absolute Gasteiger partial charge is 0.488 e. The molecule has 3 aromatic carbocycles. The molecule has 1 saturated carbocycles. The summed E-state index contributed by atoms with van der Waals surface area (Å²) in [7, 11) is 1.55. The fraction of sp³-hybridized carbons (Fsp3) is 0.444. The van der Waals surface area contributed by atoms with Crippen molar-refractivity contribution in [1.82, 2.24) is 10.6 Å². The van der Waals surface area contributed by atoms with E-state index in [-0.39, 0.29) is 47.6 Å². The Morgan fingerprint density at radius 2 is 1.76 bits per heavy atom. The first-order valence-electron chi connectivity index (χ1n) is 15.4. The van der Waals surface area contributed by atoms with E-state index in [1.165, 1.54) is 6.07 Å². The first-order chi connectivity index (χ1) is 21.5. The molecule has 45 heavy (non-hydrogen) atoms. The monoisotopic (exact) mass is 635 g/mol. The second kappa shape index (κ2) is 15.6. The van der Waals surface area contributed by atoms with Gasteiger partial charge in [-0.1, -0.05) is 41.9 Å². The van der Waals surface area contributed by atoms with E-state index in [4.69, 9.17) is 25.8 Å². The summed E-state index contributed by atoms with van der Waals surface area (Å²) in [5.41, 5.74) is 3.27. The van der Waals surface area contributed by atoms with Gasteiger partial charge in [0.25, 0.3) is 0 Å². The third-order valence-electron chi connectivity index (χ3n) is 8.03. The Hall–Kier alpha value is -3.64. The van der Waals surface area contributed by atoms with Crippen LogP contribution in [0.4, 0.5) is 9.18 Å². The van der Waals surface area contributed by atoms with Crippen LogP contribution in [0.3, 0.4) is 0 Å². The van der Waals surface area contributed by atoms with Gasteiger partial charge in [0.2, 0.25) is 0 Å². The average molecular weight is 636 g/mol. The van der Waals surface area contributed by atoms with Gasteiger partial charge in [-0.25, -0.2) is 9.18 Å². The molecule has 1 fully saturated rings. The van der Waals surface area contributed by atoms with Crippen molar-refractivity contribution in [2.24, 2.45) is 0 Å². The SMILES string of the molecule is COCCOc1ccc(C#N)c(-c2cc(C(CNC3CCC(NC(=O)OC(C)(C)C)CC3)c3ccccc3)c(C)cc2Cl)c1F. The van der Waals surface area contributed by atoms with Crippen LogP contribution in [0.5, 0.6) is 5.75 Å². The number of alkyl carbamates (subject to hydrolysis) is 1. The lowest BCUT2D eigenvalue weighted by Gasteiger charge is -2.32. The van der Waals surface area contributed by atoms with Crippen LogP contribution >= 0.6 is 11.6 Å². The molecule has 0 bridgehead atoms. The number of carbonyl (C=O) groups is 1. The van der Waals surface area contributed by atoms with E-state index in [0.29, 0.717) is 23.7 Å². The Morgan fingerprint density at radius 3 is 2.40 bits per heavy atom. The number of halogens is 2. The molecule has 0 heterocycles. The fourth-order valence-corrected chi connectivity index (χ4v) is 6.12. The molecule has 240 valence electrons. The summed E-state index contributed by atoms with van der Waals surface area (Å²) in [5.74, 6) is -0.653. The number of nitrogens with one attached hydrogen (secondary N) is 2. The van der Waals surface area contributed by atoms with Gasteiger partial charge in [-0.15, -0.1) is 0 Å². The molecule has 0 saturated heterocycles. The number of nitrogens with zero attached hydrogens (tertiary/aromatic N) is 1. The molecule has 1 aliphatic carbocycles. The highest BCUT2D eigenvalue weighted by Crippen LogP contribution is 2.40. The van der Waals surface area contributed by atoms with Crippen LogP contribution in [0.2, 0.25) is 5.02 Å². The third-order valence-corrected chi connectivity index (χ3v) is 8.35. The molecule has 0 aliphatic heterocycles. The van der Waals surface area contributed by atoms with Crippen molar-refractivity contribution < 1.29 is 23.4 Å². The molecule has 0 radical (unpaired) electrons. The standard InChI is InChI=1S/C36H43ClFN3O4/c1-23-19-31(37)29(33-25(21-39)11-16-32(34(33)38)44-18-17-43-5)20-28(23)30(24-9-7-6-8-10-24)22-40-26-12-14-27(15-13-26)41-35(42)45-36(2,3)4/h6-11,16,19-20,26-27,30,40H,12-15,17-18,22H2,1-5H3,(H,41,42). The number of amides is 1. The number of ether oxygens (including phenoxy) is 3. The van der Waals surface area contributed by atoms with E-state index in [2.05, 4.69) is 28.8 Å². The van der Waals surface area contributed by atoms with Crippen LogP contribution in [0.25, 0.3) is 11.1 Å². The molecule has 1 atom stereocenters. The first-order valence-corrected chi connectivity index (χ1v) is 15.8. The maximum atomic E-state index is 15.9. The normalized spacial score (nSPS) is 17.3. The van der Waals surface area contributed by atoms with Gasteiger partial charge in [0.05, 0.1) is 18.2 Å². The highest BCUT2D eigenvalue weighted by molar-refractivity contribution is 6.33. The summed E-state index contributed by atoms with van der Waals surface area (Å²) >= 11 is 6.76. The van der Waals surface area contributed by atoms with E-state index < -0.39 is 11.4 Å². The molecule has 7 nitrogen and oxygen atoms in total. The molecule has 0 spiro atoms. The second-order valence-electron chi connectivity index (χ2n) is 12.5. The minimum absolute atomic E-state index is 0.0391. The molecule has 2 N–H and O–H groups in total. The Bertz CT molecular complexity index is 1490. The second-order valence-corrected chi connectivity index (χ2v) is 12.9. The molecule has 3 aromatic rings. The number of benzene rings is 3. The Morgan fingerprint density at radius 1 is 1.07 bits per heavy atom. The predicted octanol–water partition coefficient (Wildman–Crippen LogP) is 7.91. The van der Waals surface area contributed by atoms with Crippen molar-refractivity contribution >= 4 is 17.7 Å². The van der Waals surface area contributed by atoms with Crippen LogP contribution < -0.4 is 15.4 Å². The lowest BCUT2D eigenvalue weighted by atomic mass is 9.85. The number of hydrogen-bond acceptors (Lipinski definition) is 6. The smallest absolute Gasteiger partial charge is 0.407 e. The summed E-state index contributed by atoms with van der Waals surface area (Å²) in [6.45, 7) is 8.70. The van der Waals surface area contributed by atoms with E-state index >= 15 is 4.39 Å². The maximum absolute atomic E-state index is 15.9. The van der Waals surface area contributed by atoms with Gasteiger partial charge in [0, 0.05) is 47.8 Å². The molecule has 4 rings (SSSR count). The summed E-state index contributed by atoms with van der Waals surface area (Å²) in [4.78, 5) is 12.3. The summed E-state index contributed by atoms with van der Waals surface area (Å²) < 4.78 is 32.0. The molecule has 9 heteroatoms. The van der Waals surface area contributed by atoms with Gasteiger partial charge in [0.1, 0.15) is 12.2 Å². The molecular weight excluding hydrogens is 593 g/mol. The van der Waals surface area contributed by atoms with E-state index in [1.54, 1.807) is 13.2 Å². The van der Waals surface area contributed by atoms with Crippen LogP contribution in [0.15, 0.2) is 54.6 Å². The Kier molecular flexibility index (Phi) is 11.8. The molecule has 1 amide bonds. The van der Waals surface area contributed by atoms with Crippen molar-refractivity contribution in [3.05, 3.63) is 87.7 Å². The van der Waals surface area contributed by atoms with Crippen molar-refractivity contribution in [3.63, 3.8) is 0 Å². The van der Waals surface area contributed by atoms with Crippen molar-refractivity contribution in [3.8, 4) is 22.9 Å². The fourth-order valence-electron chi connectivity index (χ4n) is 5.81. The number of hydrogen-bond donors (Lipinski definition) is 2. The van der Waals surface area contributed by atoms with Gasteiger partial charge in [-0.3, -0.25) is 0 Å². The number of methoxy groups -OCH3 is 1. The molecule has 0 aromatic heterocycles. The summed E-state index contributed by atoms with van der Waals surface area (Å²) in [6.07, 6.45) is 3.17. The van der Waals surface area contributed by atoms with Crippen LogP contribution in [-0.4, -0.2) is 50.6 Å². The zero-order chi connectivity index (χ0) is 32.6. The number of carbonyl (C=O) groups excluding carboxylic acids is 1. The third kappa shape index (κ3) is 9.20. The Labute approximate surface area is 271 Å². The van der Waals surface area contributed by atoms with Crippen molar-refractivity contribution in [1.29, 1.82) is 5.26 Å². The van der Waals surface area contributed by atoms with Crippen LogP contribution in [0, 0.1) is 24.1 Å². The van der Waals surface area contributed by atoms with Gasteiger partial charge in [0.15, 0.2) is 11.6 Å². The van der Waals surface area contributed by atoms with E-state index in [0.717, 1.165) is 42.4 Å². The van der Waals surface area contributed by atoms with Gasteiger partial charge >= 0.3 is 6.09 Å². The molecule has 1 aliphatic rings. The lowest BCUT2D eigenvalue weighted by molar-refractivity contribution is 0.0489. The number of rotatable bonds is 11. The molecule has 1 unspecified atom stereocenters. The predicted molar refractivity (Wildman–Crippen MR) is 175 cm³/mol. The highest BCUT2D eigenvalue weighted by Gasteiger charge is 2.27. The van der Waals surface area contributed by atoms with Crippen LogP contribution in [0.1, 0.15) is 74.6 Å². The summed E-state index contributed by atoms with van der Waals surface area (Å²) in [6, 6.07) is 19.4. The van der Waals surface area contributed by atoms with Crippen LogP contribution in [-0.2, 0) is 9.47 Å². The average Bonchev–Trinajstić information content (AvgIpc) is 2.99. The van der Waals surface area contributed by atoms with Gasteiger partial charge in [-0.2, -0.15) is 5.26 Å². The van der Waals surface area contributed by atoms with Gasteiger partial charge < -0.3 is 24.8 Å². The quantitative estimate of drug-likeness (QED) is 0.208. The van der Waals surface area contributed by atoms with Crippen molar-refractivity contribution in [2.45, 2.75) is 77.0 Å². The highest BCUT2D eigenvalue weighted by atomic mass is 35.5. The van der Waals surface area contributed by atoms with Crippen molar-refractivity contribution in [2.75, 3.05) is 26.9 Å². The first kappa shape index (κ1) is 34.2. The lowest BCUT2D eigenvalue weighted by Crippen LogP contribution is -2.44. The number of aryl methyl sites for hydroxylation is 1. The minimum atomic E-state index is -0.631. The molecular formula is C36H43ClFN3O4.